The van der Waals surface area contributed by atoms with E-state index in [1.807, 2.05) is 12.1 Å². The van der Waals surface area contributed by atoms with Gasteiger partial charge in [-0.2, -0.15) is 0 Å². The van der Waals surface area contributed by atoms with Crippen molar-refractivity contribution in [2.24, 2.45) is 11.3 Å². The molecule has 4 unspecified atom stereocenters. The predicted molar refractivity (Wildman–Crippen MR) is 98.1 cm³/mol. The molecule has 2 saturated carbocycles. The predicted octanol–water partition coefficient (Wildman–Crippen LogP) is 3.88. The molecule has 0 radical (unpaired) electrons. The van der Waals surface area contributed by atoms with Crippen molar-refractivity contribution in [3.05, 3.63) is 41.5 Å². The van der Waals surface area contributed by atoms with E-state index in [1.54, 1.807) is 7.11 Å². The molecule has 5 rings (SSSR count). The average Bonchev–Trinajstić information content (AvgIpc) is 3.27. The van der Waals surface area contributed by atoms with Crippen LogP contribution in [0.15, 0.2) is 30.3 Å². The lowest BCUT2D eigenvalue weighted by Gasteiger charge is -2.46. The van der Waals surface area contributed by atoms with Gasteiger partial charge < -0.3 is 14.6 Å². The van der Waals surface area contributed by atoms with Crippen LogP contribution in [0.5, 0.6) is 5.75 Å². The zero-order chi connectivity index (χ0) is 18.3. The molecule has 4 nitrogen and oxygen atoms in total. The number of hydrogen-bond donors (Lipinski definition) is 1. The van der Waals surface area contributed by atoms with Crippen LogP contribution >= 0.6 is 0 Å². The number of benzene rings is 2. The molecular weight excluding hydrogens is 328 g/mol. The SMILES string of the molecule is COc1ccc2c3c(ccc2c1)C12CC1CC(OC(C)=O)[C@@]2(C)CC3O. The second kappa shape index (κ2) is 5.01. The Kier molecular flexibility index (Phi) is 3.11. The fourth-order valence-corrected chi connectivity index (χ4v) is 6.16. The summed E-state index contributed by atoms with van der Waals surface area (Å²) in [5.41, 5.74) is 2.16. The first kappa shape index (κ1) is 16.1. The minimum absolute atomic E-state index is 0.0375. The molecule has 2 aromatic carbocycles. The smallest absolute Gasteiger partial charge is 0.302 e. The summed E-state index contributed by atoms with van der Waals surface area (Å²) in [6.45, 7) is 3.69. The fraction of sp³-hybridized carbons (Fsp3) is 0.500. The number of fused-ring (bicyclic) bond motifs is 3. The Morgan fingerprint density at radius 3 is 2.77 bits per heavy atom. The summed E-state index contributed by atoms with van der Waals surface area (Å²) in [4.78, 5) is 11.6. The molecular formula is C22H24O4. The Bertz CT molecular complexity index is 935. The molecule has 0 amide bonds. The molecule has 2 aromatic rings. The second-order valence-corrected chi connectivity index (χ2v) is 8.46. The van der Waals surface area contributed by atoms with Crippen LogP contribution in [0.25, 0.3) is 10.8 Å². The number of aliphatic hydroxyl groups excluding tert-OH is 1. The van der Waals surface area contributed by atoms with Crippen LogP contribution in [0.1, 0.15) is 50.3 Å². The first-order valence-electron chi connectivity index (χ1n) is 9.37. The van der Waals surface area contributed by atoms with E-state index in [0.29, 0.717) is 12.3 Å². The van der Waals surface area contributed by atoms with E-state index in [9.17, 15) is 9.90 Å². The zero-order valence-corrected chi connectivity index (χ0v) is 15.4. The molecule has 1 N–H and O–H groups in total. The van der Waals surface area contributed by atoms with E-state index in [4.69, 9.17) is 9.47 Å². The van der Waals surface area contributed by atoms with Crippen LogP contribution in [0.2, 0.25) is 0 Å². The highest BCUT2D eigenvalue weighted by Gasteiger charge is 2.76. The standard InChI is InChI=1S/C22H24O4/c1-12(23)26-19-9-14-10-22(14)17-7-4-13-8-15(25-3)5-6-16(13)20(17)18(24)11-21(19,22)2/h4-8,14,18-19,24H,9-11H2,1-3H3/t14?,18?,19?,21-,22?/m1/s1. The summed E-state index contributed by atoms with van der Waals surface area (Å²) in [5.74, 6) is 1.14. The molecule has 1 spiro atoms. The van der Waals surface area contributed by atoms with Gasteiger partial charge in [-0.25, -0.2) is 0 Å². The number of carbonyl (C=O) groups excluding carboxylic acids is 1. The van der Waals surface area contributed by atoms with Crippen molar-refractivity contribution in [3.63, 3.8) is 0 Å². The number of hydrogen-bond acceptors (Lipinski definition) is 4. The molecule has 136 valence electrons. The van der Waals surface area contributed by atoms with Gasteiger partial charge in [-0.15, -0.1) is 0 Å². The van der Waals surface area contributed by atoms with Crippen LogP contribution in [0.3, 0.4) is 0 Å². The molecule has 3 aliphatic rings. The molecule has 0 bridgehead atoms. The number of methoxy groups -OCH3 is 1. The molecule has 0 heterocycles. The number of ether oxygens (including phenoxy) is 2. The van der Waals surface area contributed by atoms with Crippen molar-refractivity contribution in [2.75, 3.05) is 7.11 Å². The molecule has 0 aliphatic heterocycles. The number of carbonyl (C=O) groups is 1. The van der Waals surface area contributed by atoms with Crippen LogP contribution in [0.4, 0.5) is 0 Å². The number of rotatable bonds is 2. The van der Waals surface area contributed by atoms with Crippen molar-refractivity contribution in [3.8, 4) is 5.75 Å². The van der Waals surface area contributed by atoms with Crippen LogP contribution in [-0.4, -0.2) is 24.3 Å². The van der Waals surface area contributed by atoms with Crippen molar-refractivity contribution < 1.29 is 19.4 Å². The molecule has 5 atom stereocenters. The van der Waals surface area contributed by atoms with Crippen LogP contribution in [-0.2, 0) is 14.9 Å². The third-order valence-corrected chi connectivity index (χ3v) is 7.34. The Morgan fingerprint density at radius 1 is 1.23 bits per heavy atom. The summed E-state index contributed by atoms with van der Waals surface area (Å²) in [5, 5.41) is 13.3. The van der Waals surface area contributed by atoms with Crippen LogP contribution < -0.4 is 4.74 Å². The Hall–Kier alpha value is -2.07. The summed E-state index contributed by atoms with van der Waals surface area (Å²) >= 11 is 0. The Balaban J connectivity index is 1.69. The highest BCUT2D eigenvalue weighted by molar-refractivity contribution is 5.89. The van der Waals surface area contributed by atoms with Crippen molar-refractivity contribution in [2.45, 2.75) is 50.7 Å². The molecule has 26 heavy (non-hydrogen) atoms. The van der Waals surface area contributed by atoms with E-state index in [2.05, 4.69) is 25.1 Å². The van der Waals surface area contributed by atoms with E-state index in [-0.39, 0.29) is 22.9 Å². The van der Waals surface area contributed by atoms with Gasteiger partial charge in [0, 0.05) is 17.8 Å². The molecule has 4 heteroatoms. The maximum atomic E-state index is 11.6. The van der Waals surface area contributed by atoms with Gasteiger partial charge in [0.2, 0.25) is 0 Å². The van der Waals surface area contributed by atoms with Gasteiger partial charge in [-0.1, -0.05) is 25.1 Å². The summed E-state index contributed by atoms with van der Waals surface area (Å²) < 4.78 is 11.0. The number of esters is 1. The lowest BCUT2D eigenvalue weighted by atomic mass is 9.60. The largest absolute Gasteiger partial charge is 0.497 e. The van der Waals surface area contributed by atoms with Gasteiger partial charge >= 0.3 is 5.97 Å². The number of aliphatic hydroxyl groups is 1. The first-order chi connectivity index (χ1) is 12.4. The maximum absolute atomic E-state index is 11.6. The zero-order valence-electron chi connectivity index (χ0n) is 15.4. The van der Waals surface area contributed by atoms with Crippen molar-refractivity contribution in [1.29, 1.82) is 0 Å². The Labute approximate surface area is 153 Å². The van der Waals surface area contributed by atoms with Gasteiger partial charge in [0.1, 0.15) is 11.9 Å². The molecule has 2 fully saturated rings. The first-order valence-corrected chi connectivity index (χ1v) is 9.37. The Morgan fingerprint density at radius 2 is 2.04 bits per heavy atom. The van der Waals surface area contributed by atoms with Gasteiger partial charge in [-0.3, -0.25) is 4.79 Å². The summed E-state index contributed by atoms with van der Waals surface area (Å²) in [7, 11) is 1.67. The monoisotopic (exact) mass is 352 g/mol. The fourth-order valence-electron chi connectivity index (χ4n) is 6.16. The van der Waals surface area contributed by atoms with E-state index >= 15 is 0 Å². The molecule has 0 aromatic heterocycles. The van der Waals surface area contributed by atoms with E-state index in [1.165, 1.54) is 12.5 Å². The van der Waals surface area contributed by atoms with Gasteiger partial charge in [0.15, 0.2) is 0 Å². The van der Waals surface area contributed by atoms with Crippen LogP contribution in [0, 0.1) is 11.3 Å². The highest BCUT2D eigenvalue weighted by atomic mass is 16.5. The van der Waals surface area contributed by atoms with Gasteiger partial charge in [0.25, 0.3) is 0 Å². The summed E-state index contributed by atoms with van der Waals surface area (Å²) in [6, 6.07) is 10.4. The normalized spacial score (nSPS) is 36.8. The maximum Gasteiger partial charge on any atom is 0.302 e. The minimum atomic E-state index is -0.546. The molecule has 3 aliphatic carbocycles. The minimum Gasteiger partial charge on any atom is -0.497 e. The van der Waals surface area contributed by atoms with E-state index in [0.717, 1.165) is 34.9 Å². The van der Waals surface area contributed by atoms with E-state index < -0.39 is 6.10 Å². The topological polar surface area (TPSA) is 55.8 Å². The third-order valence-electron chi connectivity index (χ3n) is 7.34. The second-order valence-electron chi connectivity index (χ2n) is 8.46. The van der Waals surface area contributed by atoms with Gasteiger partial charge in [-0.05, 0) is 59.2 Å². The average molecular weight is 352 g/mol. The summed E-state index contributed by atoms with van der Waals surface area (Å²) in [6.07, 6.45) is 2.02. The van der Waals surface area contributed by atoms with Crippen molar-refractivity contribution >= 4 is 16.7 Å². The lowest BCUT2D eigenvalue weighted by molar-refractivity contribution is -0.155. The lowest BCUT2D eigenvalue weighted by Crippen LogP contribution is -2.45. The van der Waals surface area contributed by atoms with Crippen molar-refractivity contribution in [1.82, 2.24) is 0 Å². The van der Waals surface area contributed by atoms with Gasteiger partial charge in [0.05, 0.1) is 13.2 Å². The highest BCUT2D eigenvalue weighted by Crippen LogP contribution is 2.77. The third kappa shape index (κ3) is 1.81. The molecule has 0 saturated heterocycles. The quantitative estimate of drug-likeness (QED) is 0.833.